The first-order valence-electron chi connectivity index (χ1n) is 22.0. The number of aldehydes is 1. The SMILES string of the molecule is Cc1nn(Cc2ccc(S(=O)(=O)N(C)C)c(Cl)c2)c(C(C)O)c1C/C(F)=C/CNC(=O)OC(C)(C)C.Cc1nn(Cc2ccc(S(=O)(=O)N(C)C)c(Cl)c2)c(C=O)c1C/C(F)=C/CNC(=O)OC(C)(C)C. The quantitative estimate of drug-likeness (QED) is 0.0807. The van der Waals surface area contributed by atoms with Gasteiger partial charge in [0.15, 0.2) is 6.29 Å². The predicted octanol–water partition coefficient (Wildman–Crippen LogP) is 7.99. The van der Waals surface area contributed by atoms with Crippen LogP contribution in [0.4, 0.5) is 18.4 Å². The van der Waals surface area contributed by atoms with Crippen LogP contribution in [-0.2, 0) is 55.5 Å². The molecule has 0 aliphatic heterocycles. The number of aliphatic hydroxyl groups is 1. The molecule has 392 valence electrons. The monoisotopic (exact) mass is 1070 g/mol. The van der Waals surface area contributed by atoms with E-state index in [1.54, 1.807) is 79.1 Å². The molecule has 18 nitrogen and oxygen atoms in total. The first kappa shape index (κ1) is 60.1. The molecule has 4 rings (SSSR count). The van der Waals surface area contributed by atoms with Gasteiger partial charge in [-0.25, -0.2) is 43.8 Å². The van der Waals surface area contributed by atoms with Crippen LogP contribution in [0.25, 0.3) is 0 Å². The molecule has 71 heavy (non-hydrogen) atoms. The van der Waals surface area contributed by atoms with Crippen LogP contribution in [0.2, 0.25) is 10.0 Å². The lowest BCUT2D eigenvalue weighted by Crippen LogP contribution is -2.32. The average molecular weight is 1070 g/mol. The maximum atomic E-state index is 14.7. The second-order valence-corrected chi connectivity index (χ2v) is 23.6. The second kappa shape index (κ2) is 24.9. The number of hydrogen-bond acceptors (Lipinski definition) is 12. The molecule has 0 bridgehead atoms. The summed E-state index contributed by atoms with van der Waals surface area (Å²) in [6, 6.07) is 9.04. The van der Waals surface area contributed by atoms with Crippen molar-refractivity contribution in [1.29, 1.82) is 0 Å². The van der Waals surface area contributed by atoms with Crippen molar-refractivity contribution in [3.05, 3.63) is 115 Å². The Balaban J connectivity index is 0.000000375. The average Bonchev–Trinajstić information content (AvgIpc) is 3.68. The van der Waals surface area contributed by atoms with Crippen molar-refractivity contribution >= 4 is 61.7 Å². The Morgan fingerprint density at radius 2 is 1.11 bits per heavy atom. The molecule has 0 saturated heterocycles. The van der Waals surface area contributed by atoms with Crippen LogP contribution in [0.5, 0.6) is 0 Å². The van der Waals surface area contributed by atoms with Crippen molar-refractivity contribution in [2.24, 2.45) is 0 Å². The van der Waals surface area contributed by atoms with Gasteiger partial charge in [-0.2, -0.15) is 10.2 Å². The van der Waals surface area contributed by atoms with Gasteiger partial charge < -0.3 is 25.2 Å². The van der Waals surface area contributed by atoms with E-state index in [-0.39, 0.29) is 64.6 Å². The molecule has 0 aliphatic rings. The highest BCUT2D eigenvalue weighted by molar-refractivity contribution is 7.89. The van der Waals surface area contributed by atoms with Crippen molar-refractivity contribution in [3.8, 4) is 0 Å². The zero-order valence-corrected chi connectivity index (χ0v) is 45.3. The van der Waals surface area contributed by atoms with Gasteiger partial charge in [0.2, 0.25) is 20.0 Å². The molecule has 2 heterocycles. The molecule has 1 atom stereocenters. The van der Waals surface area contributed by atoms with Gasteiger partial charge in [-0.3, -0.25) is 14.2 Å². The minimum absolute atomic E-state index is 0.0156. The number of amides is 2. The summed E-state index contributed by atoms with van der Waals surface area (Å²) in [6.45, 7) is 15.5. The summed E-state index contributed by atoms with van der Waals surface area (Å²) in [7, 11) is -1.75. The molecule has 0 spiro atoms. The molecule has 0 aliphatic carbocycles. The molecular weight excluding hydrogens is 1010 g/mol. The number of nitrogens with one attached hydrogen (secondary N) is 2. The summed E-state index contributed by atoms with van der Waals surface area (Å²) in [6.07, 6.45) is 0.450. The van der Waals surface area contributed by atoms with E-state index in [1.165, 1.54) is 69.3 Å². The third-order valence-corrected chi connectivity index (χ3v) is 14.5. The van der Waals surface area contributed by atoms with E-state index < -0.39 is 61.2 Å². The number of aryl methyl sites for hydroxylation is 2. The highest BCUT2D eigenvalue weighted by atomic mass is 35.5. The van der Waals surface area contributed by atoms with E-state index in [0.717, 1.165) is 8.61 Å². The lowest BCUT2D eigenvalue weighted by molar-refractivity contribution is 0.0522. The minimum Gasteiger partial charge on any atom is -0.444 e. The zero-order valence-electron chi connectivity index (χ0n) is 42.1. The van der Waals surface area contributed by atoms with Gasteiger partial charge in [-0.15, -0.1) is 0 Å². The van der Waals surface area contributed by atoms with Gasteiger partial charge in [-0.05, 0) is 110 Å². The molecule has 2 amide bonds. The number of aromatic nitrogens is 4. The van der Waals surface area contributed by atoms with Crippen LogP contribution in [0.3, 0.4) is 0 Å². The summed E-state index contributed by atoms with van der Waals surface area (Å²) in [5.41, 5.74) is 2.49. The first-order valence-corrected chi connectivity index (χ1v) is 25.6. The van der Waals surface area contributed by atoms with Crippen LogP contribution in [0.15, 0.2) is 70.0 Å². The van der Waals surface area contributed by atoms with E-state index >= 15 is 0 Å². The summed E-state index contributed by atoms with van der Waals surface area (Å²) >= 11 is 12.5. The third-order valence-electron chi connectivity index (χ3n) is 9.90. The number of halogens is 4. The molecule has 24 heteroatoms. The number of carbonyl (C=O) groups excluding carboxylic acids is 3. The van der Waals surface area contributed by atoms with Gasteiger partial charge in [-0.1, -0.05) is 35.3 Å². The number of benzene rings is 2. The summed E-state index contributed by atoms with van der Waals surface area (Å²) in [5.74, 6) is -1.05. The van der Waals surface area contributed by atoms with Gasteiger partial charge in [0.05, 0.1) is 46.3 Å². The number of hydrogen-bond donors (Lipinski definition) is 3. The Hall–Kier alpha value is -5.23. The van der Waals surface area contributed by atoms with Crippen molar-refractivity contribution in [2.75, 3.05) is 41.3 Å². The van der Waals surface area contributed by atoms with E-state index in [0.29, 0.717) is 45.6 Å². The van der Waals surface area contributed by atoms with Crippen molar-refractivity contribution < 1.29 is 54.6 Å². The third kappa shape index (κ3) is 17.5. The van der Waals surface area contributed by atoms with E-state index in [1.807, 2.05) is 0 Å². The first-order chi connectivity index (χ1) is 32.7. The summed E-state index contributed by atoms with van der Waals surface area (Å²) < 4.78 is 94.0. The van der Waals surface area contributed by atoms with Crippen molar-refractivity contribution in [3.63, 3.8) is 0 Å². The fourth-order valence-electron chi connectivity index (χ4n) is 6.59. The number of carbonyl (C=O) groups is 3. The van der Waals surface area contributed by atoms with Crippen molar-refractivity contribution in [2.45, 2.75) is 115 Å². The smallest absolute Gasteiger partial charge is 0.407 e. The number of nitrogens with zero attached hydrogens (tertiary/aromatic N) is 6. The maximum Gasteiger partial charge on any atom is 0.407 e. The molecule has 0 saturated carbocycles. The lowest BCUT2D eigenvalue weighted by atomic mass is 10.1. The molecule has 2 aromatic heterocycles. The zero-order chi connectivity index (χ0) is 54.0. The van der Waals surface area contributed by atoms with Crippen LogP contribution in [0, 0.1) is 13.8 Å². The van der Waals surface area contributed by atoms with Crippen LogP contribution < -0.4 is 10.6 Å². The molecule has 4 aromatic rings. The second-order valence-electron chi connectivity index (χ2n) is 18.5. The molecule has 3 N–H and O–H groups in total. The van der Waals surface area contributed by atoms with Crippen LogP contribution >= 0.6 is 23.2 Å². The van der Waals surface area contributed by atoms with Gasteiger partial charge in [0, 0.05) is 65.2 Å². The number of alkyl carbamates (subject to hydrolysis) is 2. The van der Waals surface area contributed by atoms with E-state index in [2.05, 4.69) is 20.8 Å². The van der Waals surface area contributed by atoms with Crippen LogP contribution in [-0.4, -0.2) is 121 Å². The number of sulfonamides is 2. The highest BCUT2D eigenvalue weighted by Gasteiger charge is 2.25. The molecule has 0 radical (unpaired) electrons. The highest BCUT2D eigenvalue weighted by Crippen LogP contribution is 2.29. The Bertz CT molecular complexity index is 2850. The van der Waals surface area contributed by atoms with Crippen LogP contribution in [0.1, 0.15) is 104 Å². The molecule has 2 aromatic carbocycles. The lowest BCUT2D eigenvalue weighted by Gasteiger charge is -2.19. The van der Waals surface area contributed by atoms with Gasteiger partial charge in [0.25, 0.3) is 0 Å². The Morgan fingerprint density at radius 1 is 0.732 bits per heavy atom. The number of allylic oxidation sites excluding steroid dienone is 2. The number of aliphatic hydroxyl groups excluding tert-OH is 1. The maximum absolute atomic E-state index is 14.7. The fraction of sp³-hybridized carbons (Fsp3) is 0.468. The molecule has 1 unspecified atom stereocenters. The summed E-state index contributed by atoms with van der Waals surface area (Å²) in [4.78, 5) is 35.2. The van der Waals surface area contributed by atoms with Gasteiger partial charge >= 0.3 is 12.2 Å². The van der Waals surface area contributed by atoms with Gasteiger partial charge in [0.1, 0.15) is 38.3 Å². The summed E-state index contributed by atoms with van der Waals surface area (Å²) in [5, 5.41) is 24.2. The topological polar surface area (TPSA) is 224 Å². The number of rotatable bonds is 18. The Kier molecular flexibility index (Phi) is 21.1. The Morgan fingerprint density at radius 3 is 1.48 bits per heavy atom. The minimum atomic E-state index is -3.71. The normalized spacial score (nSPS) is 13.2. The fourth-order valence-corrected chi connectivity index (χ4v) is 9.46. The molecule has 0 fully saturated rings. The largest absolute Gasteiger partial charge is 0.444 e. The van der Waals surface area contributed by atoms with E-state index in [4.69, 9.17) is 32.7 Å². The Labute approximate surface area is 425 Å². The number of ether oxygens (including phenoxy) is 2. The van der Waals surface area contributed by atoms with E-state index in [9.17, 15) is 45.1 Å². The molecular formula is C47H64Cl2F2N8O10S2. The van der Waals surface area contributed by atoms with Crippen molar-refractivity contribution in [1.82, 2.24) is 38.8 Å². The standard InChI is InChI=1S/C24H34ClFN4O5S.C23H30ClFN4O5S/c1-15-19(13-18(26)10-11-27-23(32)35-24(3,4)5)22(16(2)31)30(28-15)14-17-8-9-21(20(25)12-17)36(33,34)29(6)7;1-15-18(12-17(25)9-10-26-22(31)34-23(2,3)4)20(14-30)29(27-15)13-16-7-8-21(19(24)11-16)35(32,33)28(5)6/h8-10,12,16,31H,11,13-14H2,1-7H3,(H,27,32);7-9,11,14H,10,12-13H2,1-6H3,(H,26,31)/b18-10-;17-9-. The predicted molar refractivity (Wildman–Crippen MR) is 267 cm³/mol.